The number of nitrogens with one attached hydrogen (secondary N) is 1. The van der Waals surface area contributed by atoms with Crippen molar-refractivity contribution in [3.05, 3.63) is 70.8 Å². The fraction of sp³-hybridized carbons (Fsp3) is 0.250. The normalized spacial score (nSPS) is 10.1. The zero-order valence-corrected chi connectivity index (χ0v) is 14.8. The summed E-state index contributed by atoms with van der Waals surface area (Å²) in [6.07, 6.45) is 0.958. The van der Waals surface area contributed by atoms with Gasteiger partial charge < -0.3 is 14.8 Å². The third kappa shape index (κ3) is 5.44. The van der Waals surface area contributed by atoms with Crippen LogP contribution in [0.15, 0.2) is 48.5 Å². The molecule has 0 aliphatic heterocycles. The minimum atomic E-state index is -0.682. The lowest BCUT2D eigenvalue weighted by Crippen LogP contribution is -2.28. The first-order valence-electron chi connectivity index (χ1n) is 8.23. The quantitative estimate of drug-likeness (QED) is 0.772. The largest absolute Gasteiger partial charge is 0.465 e. The summed E-state index contributed by atoms with van der Waals surface area (Å²) in [5.41, 5.74) is 2.61. The van der Waals surface area contributed by atoms with E-state index < -0.39 is 24.5 Å². The van der Waals surface area contributed by atoms with Crippen LogP contribution in [0.25, 0.3) is 0 Å². The van der Waals surface area contributed by atoms with Crippen LogP contribution in [0.2, 0.25) is 0 Å². The summed E-state index contributed by atoms with van der Waals surface area (Å²) in [5.74, 6) is -1.63. The maximum absolute atomic E-state index is 12.0. The molecule has 0 bridgehead atoms. The Kier molecular flexibility index (Phi) is 6.91. The Hall–Kier alpha value is -3.15. The molecule has 2 aromatic carbocycles. The molecule has 1 N–H and O–H groups in total. The van der Waals surface area contributed by atoms with Crippen LogP contribution < -0.4 is 5.32 Å². The van der Waals surface area contributed by atoms with Crippen LogP contribution in [0.5, 0.6) is 0 Å². The highest BCUT2D eigenvalue weighted by Gasteiger charge is 2.13. The molecule has 136 valence electrons. The molecule has 1 amide bonds. The number of methoxy groups -OCH3 is 1. The van der Waals surface area contributed by atoms with Gasteiger partial charge in [-0.3, -0.25) is 4.79 Å². The van der Waals surface area contributed by atoms with Crippen molar-refractivity contribution in [1.29, 1.82) is 0 Å². The van der Waals surface area contributed by atoms with E-state index in [1.807, 2.05) is 24.3 Å². The Balaban J connectivity index is 1.82. The molecule has 6 heteroatoms. The number of hydrogen-bond donors (Lipinski definition) is 1. The van der Waals surface area contributed by atoms with Gasteiger partial charge in [-0.25, -0.2) is 9.59 Å². The van der Waals surface area contributed by atoms with Gasteiger partial charge in [-0.2, -0.15) is 0 Å². The van der Waals surface area contributed by atoms with Gasteiger partial charge in [-0.05, 0) is 35.7 Å². The van der Waals surface area contributed by atoms with Crippen LogP contribution in [0.4, 0.5) is 0 Å². The predicted octanol–water partition coefficient (Wildman–Crippen LogP) is 2.51. The summed E-state index contributed by atoms with van der Waals surface area (Å²) >= 11 is 0. The number of rotatable bonds is 7. The number of amides is 1. The van der Waals surface area contributed by atoms with Crippen LogP contribution in [0, 0.1) is 0 Å². The van der Waals surface area contributed by atoms with E-state index in [9.17, 15) is 14.4 Å². The number of aryl methyl sites for hydroxylation is 1. The minimum absolute atomic E-state index is 0.177. The second-order valence-electron chi connectivity index (χ2n) is 5.60. The number of benzene rings is 2. The van der Waals surface area contributed by atoms with Gasteiger partial charge in [0.2, 0.25) is 0 Å². The highest BCUT2D eigenvalue weighted by Crippen LogP contribution is 2.08. The van der Waals surface area contributed by atoms with Gasteiger partial charge in [-0.15, -0.1) is 0 Å². The van der Waals surface area contributed by atoms with Crippen molar-refractivity contribution >= 4 is 17.8 Å². The SMILES string of the molecule is CCc1ccc(CNC(=O)COC(=O)c2cccc(C(=O)OC)c2)cc1. The average molecular weight is 355 g/mol. The molecule has 0 atom stereocenters. The molecule has 0 fully saturated rings. The molecule has 0 aromatic heterocycles. The molecule has 0 aliphatic rings. The zero-order valence-electron chi connectivity index (χ0n) is 14.8. The van der Waals surface area contributed by atoms with Gasteiger partial charge >= 0.3 is 11.9 Å². The summed E-state index contributed by atoms with van der Waals surface area (Å²) in [7, 11) is 1.26. The second kappa shape index (κ2) is 9.36. The van der Waals surface area contributed by atoms with E-state index in [0.29, 0.717) is 6.54 Å². The van der Waals surface area contributed by atoms with Crippen LogP contribution in [-0.2, 0) is 27.2 Å². The minimum Gasteiger partial charge on any atom is -0.465 e. The summed E-state index contributed by atoms with van der Waals surface area (Å²) in [6, 6.07) is 13.9. The van der Waals surface area contributed by atoms with Crippen molar-refractivity contribution in [2.75, 3.05) is 13.7 Å². The number of ether oxygens (including phenoxy) is 2. The van der Waals surface area contributed by atoms with Gasteiger partial charge in [-0.1, -0.05) is 37.3 Å². The lowest BCUT2D eigenvalue weighted by atomic mass is 10.1. The van der Waals surface area contributed by atoms with E-state index in [-0.39, 0.29) is 11.1 Å². The summed E-state index contributed by atoms with van der Waals surface area (Å²) in [5, 5.41) is 2.69. The van der Waals surface area contributed by atoms with Crippen LogP contribution >= 0.6 is 0 Å². The fourth-order valence-electron chi connectivity index (χ4n) is 2.25. The Morgan fingerprint density at radius 2 is 1.54 bits per heavy atom. The van der Waals surface area contributed by atoms with E-state index in [0.717, 1.165) is 12.0 Å². The first kappa shape index (κ1) is 19.2. The van der Waals surface area contributed by atoms with Gasteiger partial charge in [0.05, 0.1) is 18.2 Å². The lowest BCUT2D eigenvalue weighted by molar-refractivity contribution is -0.124. The summed E-state index contributed by atoms with van der Waals surface area (Å²) < 4.78 is 9.58. The maximum atomic E-state index is 12.0. The molecule has 26 heavy (non-hydrogen) atoms. The topological polar surface area (TPSA) is 81.7 Å². The zero-order chi connectivity index (χ0) is 18.9. The van der Waals surface area contributed by atoms with Crippen LogP contribution in [-0.4, -0.2) is 31.6 Å². The van der Waals surface area contributed by atoms with Crippen molar-refractivity contribution in [1.82, 2.24) is 5.32 Å². The average Bonchev–Trinajstić information content (AvgIpc) is 2.70. The molecular formula is C20H21NO5. The highest BCUT2D eigenvalue weighted by molar-refractivity contribution is 5.96. The van der Waals surface area contributed by atoms with Crippen molar-refractivity contribution < 1.29 is 23.9 Å². The van der Waals surface area contributed by atoms with Crippen molar-refractivity contribution in [2.45, 2.75) is 19.9 Å². The first-order chi connectivity index (χ1) is 12.5. The highest BCUT2D eigenvalue weighted by atomic mass is 16.5. The Bertz CT molecular complexity index is 783. The van der Waals surface area contributed by atoms with E-state index in [1.54, 1.807) is 6.07 Å². The Morgan fingerprint density at radius 3 is 2.15 bits per heavy atom. The van der Waals surface area contributed by atoms with Gasteiger partial charge in [0.15, 0.2) is 6.61 Å². The lowest BCUT2D eigenvalue weighted by Gasteiger charge is -2.08. The predicted molar refractivity (Wildman–Crippen MR) is 95.7 cm³/mol. The van der Waals surface area contributed by atoms with Crippen LogP contribution in [0.1, 0.15) is 38.8 Å². The molecule has 0 unspecified atom stereocenters. The third-order valence-electron chi connectivity index (χ3n) is 3.77. The third-order valence-corrected chi connectivity index (χ3v) is 3.77. The smallest absolute Gasteiger partial charge is 0.338 e. The molecule has 0 aliphatic carbocycles. The standard InChI is InChI=1S/C20H21NO5/c1-3-14-7-9-15(10-8-14)12-21-18(22)13-26-20(24)17-6-4-5-16(11-17)19(23)25-2/h4-11H,3,12-13H2,1-2H3,(H,21,22). The molecule has 2 rings (SSSR count). The molecule has 0 saturated heterocycles. The molecule has 0 saturated carbocycles. The number of hydrogen-bond acceptors (Lipinski definition) is 5. The maximum Gasteiger partial charge on any atom is 0.338 e. The van der Waals surface area contributed by atoms with E-state index in [2.05, 4.69) is 17.0 Å². The van der Waals surface area contributed by atoms with E-state index in [1.165, 1.54) is 30.9 Å². The van der Waals surface area contributed by atoms with Crippen molar-refractivity contribution in [2.24, 2.45) is 0 Å². The van der Waals surface area contributed by atoms with Gasteiger partial charge in [0.1, 0.15) is 0 Å². The monoisotopic (exact) mass is 355 g/mol. The first-order valence-corrected chi connectivity index (χ1v) is 8.23. The second-order valence-corrected chi connectivity index (χ2v) is 5.60. The van der Waals surface area contributed by atoms with E-state index in [4.69, 9.17) is 4.74 Å². The Morgan fingerprint density at radius 1 is 0.923 bits per heavy atom. The van der Waals surface area contributed by atoms with Crippen LogP contribution in [0.3, 0.4) is 0 Å². The number of carbonyl (C=O) groups excluding carboxylic acids is 3. The number of carbonyl (C=O) groups is 3. The Labute approximate surface area is 152 Å². The van der Waals surface area contributed by atoms with E-state index >= 15 is 0 Å². The van der Waals surface area contributed by atoms with Crippen molar-refractivity contribution in [3.8, 4) is 0 Å². The summed E-state index contributed by atoms with van der Waals surface area (Å²) in [4.78, 5) is 35.3. The molecule has 0 heterocycles. The summed E-state index contributed by atoms with van der Waals surface area (Å²) in [6.45, 7) is 2.04. The molecule has 2 aromatic rings. The fourth-order valence-corrected chi connectivity index (χ4v) is 2.25. The van der Waals surface area contributed by atoms with Crippen molar-refractivity contribution in [3.63, 3.8) is 0 Å². The number of esters is 2. The molecule has 0 radical (unpaired) electrons. The molecule has 0 spiro atoms. The van der Waals surface area contributed by atoms with Gasteiger partial charge in [0, 0.05) is 6.54 Å². The molecule has 6 nitrogen and oxygen atoms in total. The van der Waals surface area contributed by atoms with Gasteiger partial charge in [0.25, 0.3) is 5.91 Å². The molecular weight excluding hydrogens is 334 g/mol.